The van der Waals surface area contributed by atoms with Crippen LogP contribution < -0.4 is 20.7 Å². The second-order valence-electron chi connectivity index (χ2n) is 7.19. The van der Waals surface area contributed by atoms with Gasteiger partial charge in [-0.25, -0.2) is 9.78 Å². The second-order valence-corrected chi connectivity index (χ2v) is 7.19. The van der Waals surface area contributed by atoms with E-state index in [1.54, 1.807) is 29.2 Å². The lowest BCUT2D eigenvalue weighted by molar-refractivity contribution is -0.274. The number of carbonyl (C=O) groups is 2. The summed E-state index contributed by atoms with van der Waals surface area (Å²) in [6.07, 6.45) is 1.72. The Morgan fingerprint density at radius 2 is 1.88 bits per heavy atom. The first-order valence-corrected chi connectivity index (χ1v) is 10.4. The van der Waals surface area contributed by atoms with E-state index >= 15 is 0 Å². The number of imidazole rings is 1. The number of carbonyl (C=O) groups excluding carboxylic acids is 2. The maximum atomic E-state index is 12.7. The third kappa shape index (κ3) is 7.50. The van der Waals surface area contributed by atoms with Crippen LogP contribution in [0.15, 0.2) is 55.0 Å². The van der Waals surface area contributed by atoms with Gasteiger partial charge in [0.05, 0.1) is 0 Å². The Kier molecular flexibility index (Phi) is 8.06. The minimum Gasteiger partial charge on any atom is -0.406 e. The van der Waals surface area contributed by atoms with Gasteiger partial charge in [-0.05, 0) is 42.3 Å². The number of urea groups is 1. The summed E-state index contributed by atoms with van der Waals surface area (Å²) in [6.45, 7) is 2.81. The first-order chi connectivity index (χ1) is 16.2. The number of alkyl halides is 3. The van der Waals surface area contributed by atoms with Crippen LogP contribution in [-0.2, 0) is 13.1 Å². The normalized spacial score (nSPS) is 11.1. The van der Waals surface area contributed by atoms with Gasteiger partial charge in [-0.3, -0.25) is 15.1 Å². The number of ether oxygens (including phenoxy) is 1. The molecule has 0 bridgehead atoms. The Morgan fingerprint density at radius 3 is 2.53 bits per heavy atom. The minimum atomic E-state index is -4.80. The summed E-state index contributed by atoms with van der Waals surface area (Å²) >= 11 is 0. The summed E-state index contributed by atoms with van der Waals surface area (Å²) in [6, 6.07) is 7.60. The van der Waals surface area contributed by atoms with Gasteiger partial charge in [-0.2, -0.15) is 0 Å². The van der Waals surface area contributed by atoms with Crippen molar-refractivity contribution >= 4 is 23.4 Å². The fourth-order valence-corrected chi connectivity index (χ4v) is 2.94. The van der Waals surface area contributed by atoms with Gasteiger partial charge in [0.1, 0.15) is 5.75 Å². The lowest BCUT2D eigenvalue weighted by atomic mass is 10.3. The van der Waals surface area contributed by atoms with Crippen LogP contribution in [-0.4, -0.2) is 32.8 Å². The zero-order chi connectivity index (χ0) is 24.6. The number of aromatic nitrogens is 3. The van der Waals surface area contributed by atoms with Crippen LogP contribution in [0.3, 0.4) is 0 Å². The Hall–Kier alpha value is -4.09. The molecule has 180 valence electrons. The fraction of sp³-hybridized carbons (Fsp3) is 0.273. The predicted molar refractivity (Wildman–Crippen MR) is 118 cm³/mol. The molecule has 0 saturated carbocycles. The number of unbranched alkanes of at least 4 members (excludes halogenated alkanes) is 1. The molecule has 34 heavy (non-hydrogen) atoms. The van der Waals surface area contributed by atoms with E-state index < -0.39 is 24.1 Å². The van der Waals surface area contributed by atoms with Gasteiger partial charge >= 0.3 is 12.4 Å². The highest BCUT2D eigenvalue weighted by molar-refractivity contribution is 5.99. The lowest BCUT2D eigenvalue weighted by Gasteiger charge is -2.10. The molecule has 1 aromatic carbocycles. The molecule has 0 radical (unpaired) electrons. The fourth-order valence-electron chi connectivity index (χ4n) is 2.94. The molecule has 2 aromatic heterocycles. The van der Waals surface area contributed by atoms with E-state index in [2.05, 4.69) is 30.7 Å². The van der Waals surface area contributed by atoms with Crippen LogP contribution >= 0.6 is 0 Å². The molecule has 0 aliphatic rings. The van der Waals surface area contributed by atoms with Crippen molar-refractivity contribution in [1.82, 2.24) is 19.9 Å². The molecule has 2 heterocycles. The van der Waals surface area contributed by atoms with E-state index in [-0.39, 0.29) is 23.9 Å². The maximum Gasteiger partial charge on any atom is 0.573 e. The number of amides is 3. The number of hydrogen-bond donors (Lipinski definition) is 3. The van der Waals surface area contributed by atoms with Crippen LogP contribution in [0.25, 0.3) is 0 Å². The number of aryl methyl sites for hydroxylation is 1. The molecular formula is C22H23F3N6O3. The van der Waals surface area contributed by atoms with Crippen LogP contribution in [0.2, 0.25) is 0 Å². The maximum absolute atomic E-state index is 12.7. The second kappa shape index (κ2) is 11.2. The third-order valence-corrected chi connectivity index (χ3v) is 4.50. The summed E-state index contributed by atoms with van der Waals surface area (Å²) < 4.78 is 42.2. The number of halogens is 3. The number of pyridine rings is 1. The lowest BCUT2D eigenvalue weighted by Crippen LogP contribution is -2.26. The standard InChI is InChI=1S/C22H23F3N6O3/c1-2-3-11-31-14-18(29-19(31)20(32)27-13-15-5-4-10-26-12-15)30-21(33)28-16-6-8-17(9-7-16)34-22(23,24)25/h4-10,12,14H,2-3,11,13H2,1H3,(H,27,32)(H2,28,30,33). The van der Waals surface area contributed by atoms with E-state index in [1.807, 2.05) is 13.0 Å². The molecule has 0 aliphatic heterocycles. The number of anilines is 2. The molecule has 0 fully saturated rings. The summed E-state index contributed by atoms with van der Waals surface area (Å²) in [4.78, 5) is 33.2. The van der Waals surface area contributed by atoms with Crippen LogP contribution in [0, 0.1) is 0 Å². The molecule has 0 spiro atoms. The highest BCUT2D eigenvalue weighted by Crippen LogP contribution is 2.24. The number of hydrogen-bond acceptors (Lipinski definition) is 5. The molecule has 3 amide bonds. The van der Waals surface area contributed by atoms with E-state index in [0.29, 0.717) is 6.54 Å². The number of nitrogens with one attached hydrogen (secondary N) is 3. The molecule has 12 heteroatoms. The van der Waals surface area contributed by atoms with Crippen molar-refractivity contribution in [2.45, 2.75) is 39.2 Å². The Balaban J connectivity index is 1.63. The van der Waals surface area contributed by atoms with Crippen molar-refractivity contribution in [2.24, 2.45) is 0 Å². The van der Waals surface area contributed by atoms with E-state index in [1.165, 1.54) is 12.1 Å². The highest BCUT2D eigenvalue weighted by Gasteiger charge is 2.31. The smallest absolute Gasteiger partial charge is 0.406 e. The Labute approximate surface area is 193 Å². The van der Waals surface area contributed by atoms with E-state index in [4.69, 9.17) is 0 Å². The van der Waals surface area contributed by atoms with Gasteiger partial charge in [0.2, 0.25) is 5.82 Å². The molecule has 3 rings (SSSR count). The van der Waals surface area contributed by atoms with Gasteiger partial charge in [-0.1, -0.05) is 19.4 Å². The van der Waals surface area contributed by atoms with Crippen molar-refractivity contribution in [3.63, 3.8) is 0 Å². The van der Waals surface area contributed by atoms with Crippen molar-refractivity contribution in [3.05, 3.63) is 66.4 Å². The molecule has 0 saturated heterocycles. The number of nitrogens with zero attached hydrogens (tertiary/aromatic N) is 3. The average Bonchev–Trinajstić information content (AvgIpc) is 3.19. The van der Waals surface area contributed by atoms with Gasteiger partial charge in [0.15, 0.2) is 5.82 Å². The van der Waals surface area contributed by atoms with Crippen molar-refractivity contribution < 1.29 is 27.5 Å². The average molecular weight is 476 g/mol. The Bertz CT molecular complexity index is 1100. The van der Waals surface area contributed by atoms with Crippen molar-refractivity contribution in [1.29, 1.82) is 0 Å². The van der Waals surface area contributed by atoms with Crippen molar-refractivity contribution in [2.75, 3.05) is 10.6 Å². The number of benzene rings is 1. The minimum absolute atomic E-state index is 0.140. The predicted octanol–water partition coefficient (Wildman–Crippen LogP) is 4.55. The Morgan fingerprint density at radius 1 is 1.12 bits per heavy atom. The molecule has 9 nitrogen and oxygen atoms in total. The zero-order valence-corrected chi connectivity index (χ0v) is 18.2. The summed E-state index contributed by atoms with van der Waals surface area (Å²) in [5, 5.41) is 7.79. The first-order valence-electron chi connectivity index (χ1n) is 10.4. The topological polar surface area (TPSA) is 110 Å². The van der Waals surface area contributed by atoms with Gasteiger partial charge in [0, 0.05) is 37.4 Å². The summed E-state index contributed by atoms with van der Waals surface area (Å²) in [5.74, 6) is -0.526. The largest absolute Gasteiger partial charge is 0.573 e. The molecule has 0 atom stereocenters. The molecule has 0 unspecified atom stereocenters. The summed E-state index contributed by atoms with van der Waals surface area (Å²) in [5.41, 5.74) is 1.07. The highest BCUT2D eigenvalue weighted by atomic mass is 19.4. The van der Waals surface area contributed by atoms with Gasteiger partial charge < -0.3 is 19.9 Å². The first kappa shape index (κ1) is 24.6. The quantitative estimate of drug-likeness (QED) is 0.420. The zero-order valence-electron chi connectivity index (χ0n) is 18.2. The third-order valence-electron chi connectivity index (χ3n) is 4.50. The molecule has 3 aromatic rings. The van der Waals surface area contributed by atoms with E-state index in [9.17, 15) is 22.8 Å². The summed E-state index contributed by atoms with van der Waals surface area (Å²) in [7, 11) is 0. The molecule has 0 aliphatic carbocycles. The SMILES string of the molecule is CCCCn1cc(NC(=O)Nc2ccc(OC(F)(F)F)cc2)nc1C(=O)NCc1cccnc1. The van der Waals surface area contributed by atoms with Crippen LogP contribution in [0.1, 0.15) is 35.9 Å². The number of rotatable bonds is 9. The van der Waals surface area contributed by atoms with Crippen molar-refractivity contribution in [3.8, 4) is 5.75 Å². The monoisotopic (exact) mass is 476 g/mol. The van der Waals surface area contributed by atoms with Gasteiger partial charge in [0.25, 0.3) is 5.91 Å². The van der Waals surface area contributed by atoms with Crippen LogP contribution in [0.4, 0.5) is 29.5 Å². The van der Waals surface area contributed by atoms with Gasteiger partial charge in [-0.15, -0.1) is 13.2 Å². The van der Waals surface area contributed by atoms with E-state index in [0.717, 1.165) is 30.5 Å². The van der Waals surface area contributed by atoms with Crippen LogP contribution in [0.5, 0.6) is 5.75 Å². The molecular weight excluding hydrogens is 453 g/mol. The molecule has 3 N–H and O–H groups in total.